The van der Waals surface area contributed by atoms with Crippen LogP contribution in [0, 0.1) is 0 Å². The van der Waals surface area contributed by atoms with Crippen molar-refractivity contribution < 1.29 is 4.79 Å². The fourth-order valence-electron chi connectivity index (χ4n) is 1.59. The summed E-state index contributed by atoms with van der Waals surface area (Å²) in [5, 5.41) is 8.35. The van der Waals surface area contributed by atoms with Crippen LogP contribution in [0.25, 0.3) is 0 Å². The summed E-state index contributed by atoms with van der Waals surface area (Å²) < 4.78 is 0. The molecule has 0 fully saturated rings. The van der Waals surface area contributed by atoms with Gasteiger partial charge in [0.15, 0.2) is 0 Å². The first kappa shape index (κ1) is 13.2. The lowest BCUT2D eigenvalue weighted by molar-refractivity contribution is -0.114. The molecule has 3 nitrogen and oxygen atoms in total. The Morgan fingerprint density at radius 1 is 1.44 bits per heavy atom. The molecule has 0 aliphatic heterocycles. The molecule has 4 heteroatoms. The number of amides is 1. The molecule has 0 atom stereocenters. The summed E-state index contributed by atoms with van der Waals surface area (Å²) in [7, 11) is 0. The van der Waals surface area contributed by atoms with Gasteiger partial charge in [-0.3, -0.25) is 4.79 Å². The second-order valence-corrected chi connectivity index (χ2v) is 4.83. The minimum Gasteiger partial charge on any atom is -0.325 e. The van der Waals surface area contributed by atoms with Gasteiger partial charge in [0.1, 0.15) is 0 Å². The van der Waals surface area contributed by atoms with Crippen LogP contribution in [0.2, 0.25) is 0 Å². The van der Waals surface area contributed by atoms with Gasteiger partial charge >= 0.3 is 0 Å². The van der Waals surface area contributed by atoms with Crippen molar-refractivity contribution in [1.29, 1.82) is 0 Å². The monoisotopic (exact) mass is 240 g/mol. The van der Waals surface area contributed by atoms with E-state index < -0.39 is 0 Å². The molecule has 1 aromatic heterocycles. The van der Waals surface area contributed by atoms with E-state index in [0.29, 0.717) is 6.04 Å². The highest BCUT2D eigenvalue weighted by Crippen LogP contribution is 2.22. The average molecular weight is 240 g/mol. The first-order valence-corrected chi connectivity index (χ1v) is 6.62. The van der Waals surface area contributed by atoms with Crippen LogP contribution >= 0.6 is 11.3 Å². The Hall–Kier alpha value is -0.870. The molecule has 0 spiro atoms. The Morgan fingerprint density at radius 2 is 2.12 bits per heavy atom. The number of thiophene rings is 1. The number of carbonyl (C=O) groups is 1. The third-order valence-electron chi connectivity index (χ3n) is 2.59. The van der Waals surface area contributed by atoms with Gasteiger partial charge in [-0.2, -0.15) is 0 Å². The van der Waals surface area contributed by atoms with E-state index in [0.717, 1.165) is 25.1 Å². The van der Waals surface area contributed by atoms with Gasteiger partial charge in [0.2, 0.25) is 5.91 Å². The predicted molar refractivity (Wildman–Crippen MR) is 69.8 cm³/mol. The maximum atomic E-state index is 11.0. The topological polar surface area (TPSA) is 41.1 Å². The fraction of sp³-hybridized carbons (Fsp3) is 0.583. The predicted octanol–water partition coefficient (Wildman–Crippen LogP) is 2.98. The highest BCUT2D eigenvalue weighted by atomic mass is 32.1. The molecular weight excluding hydrogens is 220 g/mol. The number of rotatable bonds is 6. The minimum atomic E-state index is -0.0119. The van der Waals surface area contributed by atoms with Crippen molar-refractivity contribution in [2.24, 2.45) is 0 Å². The van der Waals surface area contributed by atoms with E-state index in [1.54, 1.807) is 11.3 Å². The number of hydrogen-bond acceptors (Lipinski definition) is 3. The molecule has 1 amide bonds. The van der Waals surface area contributed by atoms with Gasteiger partial charge in [-0.05, 0) is 24.3 Å². The normalized spacial score (nSPS) is 10.8. The number of anilines is 1. The Kier molecular flexibility index (Phi) is 5.49. The molecule has 1 rings (SSSR count). The van der Waals surface area contributed by atoms with Gasteiger partial charge < -0.3 is 10.6 Å². The lowest BCUT2D eigenvalue weighted by Gasteiger charge is -2.14. The zero-order valence-corrected chi connectivity index (χ0v) is 11.0. The second-order valence-electron chi connectivity index (χ2n) is 3.83. The van der Waals surface area contributed by atoms with Crippen LogP contribution in [0.5, 0.6) is 0 Å². The van der Waals surface area contributed by atoms with Crippen LogP contribution in [-0.2, 0) is 11.3 Å². The van der Waals surface area contributed by atoms with Gasteiger partial charge in [0.25, 0.3) is 0 Å². The molecule has 1 heterocycles. The molecule has 0 aliphatic rings. The molecule has 0 radical (unpaired) electrons. The van der Waals surface area contributed by atoms with Gasteiger partial charge in [0, 0.05) is 24.4 Å². The minimum absolute atomic E-state index is 0.0119. The second kappa shape index (κ2) is 6.66. The molecule has 1 aromatic rings. The summed E-state index contributed by atoms with van der Waals surface area (Å²) in [4.78, 5) is 12.2. The zero-order valence-electron chi connectivity index (χ0n) is 10.2. The maximum absolute atomic E-state index is 11.0. The molecule has 0 saturated heterocycles. The highest BCUT2D eigenvalue weighted by Gasteiger charge is 2.07. The van der Waals surface area contributed by atoms with Crippen LogP contribution < -0.4 is 10.6 Å². The van der Waals surface area contributed by atoms with E-state index >= 15 is 0 Å². The van der Waals surface area contributed by atoms with E-state index in [2.05, 4.69) is 24.5 Å². The molecule has 0 unspecified atom stereocenters. The van der Waals surface area contributed by atoms with Crippen LogP contribution in [0.15, 0.2) is 11.4 Å². The fourth-order valence-corrected chi connectivity index (χ4v) is 2.37. The van der Waals surface area contributed by atoms with Crippen molar-refractivity contribution in [2.75, 3.05) is 5.32 Å². The standard InChI is InChI=1S/C12H20N2OS/c1-4-10(5-2)13-8-12-11(6-7-16-12)14-9(3)15/h6-7,10,13H,4-5,8H2,1-3H3,(H,14,15). The SMILES string of the molecule is CCC(CC)NCc1sccc1NC(C)=O. The van der Waals surface area contributed by atoms with Gasteiger partial charge in [0.05, 0.1) is 5.69 Å². The molecule has 16 heavy (non-hydrogen) atoms. The smallest absolute Gasteiger partial charge is 0.221 e. The van der Waals surface area contributed by atoms with Crippen molar-refractivity contribution in [3.8, 4) is 0 Å². The zero-order chi connectivity index (χ0) is 12.0. The maximum Gasteiger partial charge on any atom is 0.221 e. The largest absolute Gasteiger partial charge is 0.325 e. The number of hydrogen-bond donors (Lipinski definition) is 2. The van der Waals surface area contributed by atoms with Crippen molar-refractivity contribution in [3.63, 3.8) is 0 Å². The Labute approximate surface area is 101 Å². The molecule has 2 N–H and O–H groups in total. The Balaban J connectivity index is 2.53. The first-order chi connectivity index (χ1) is 7.67. The summed E-state index contributed by atoms with van der Waals surface area (Å²) in [5.74, 6) is -0.0119. The molecule has 90 valence electrons. The van der Waals surface area contributed by atoms with Crippen LogP contribution in [0.4, 0.5) is 5.69 Å². The van der Waals surface area contributed by atoms with Crippen molar-refractivity contribution >= 4 is 22.9 Å². The Bertz CT molecular complexity index is 332. The van der Waals surface area contributed by atoms with E-state index in [-0.39, 0.29) is 5.91 Å². The van der Waals surface area contributed by atoms with E-state index in [4.69, 9.17) is 0 Å². The number of nitrogens with one attached hydrogen (secondary N) is 2. The van der Waals surface area contributed by atoms with Gasteiger partial charge in [-0.25, -0.2) is 0 Å². The third-order valence-corrected chi connectivity index (χ3v) is 3.51. The molecule has 0 aliphatic carbocycles. The molecular formula is C12H20N2OS. The van der Waals surface area contributed by atoms with Gasteiger partial charge in [-0.15, -0.1) is 11.3 Å². The van der Waals surface area contributed by atoms with Crippen molar-refractivity contribution in [1.82, 2.24) is 5.32 Å². The van der Waals surface area contributed by atoms with E-state index in [1.165, 1.54) is 11.8 Å². The molecule has 0 aromatic carbocycles. The lowest BCUT2D eigenvalue weighted by Crippen LogP contribution is -2.27. The first-order valence-electron chi connectivity index (χ1n) is 5.74. The summed E-state index contributed by atoms with van der Waals surface area (Å²) >= 11 is 1.68. The van der Waals surface area contributed by atoms with Gasteiger partial charge in [-0.1, -0.05) is 13.8 Å². The average Bonchev–Trinajstić information content (AvgIpc) is 2.66. The summed E-state index contributed by atoms with van der Waals surface area (Å²) in [6.07, 6.45) is 2.27. The van der Waals surface area contributed by atoms with Crippen molar-refractivity contribution in [3.05, 3.63) is 16.3 Å². The summed E-state index contributed by atoms with van der Waals surface area (Å²) in [6, 6.07) is 2.52. The van der Waals surface area contributed by atoms with Crippen LogP contribution in [-0.4, -0.2) is 11.9 Å². The Morgan fingerprint density at radius 3 is 2.69 bits per heavy atom. The molecule has 0 bridgehead atoms. The van der Waals surface area contributed by atoms with Crippen LogP contribution in [0.1, 0.15) is 38.5 Å². The van der Waals surface area contributed by atoms with Crippen molar-refractivity contribution in [2.45, 2.75) is 46.2 Å². The summed E-state index contributed by atoms with van der Waals surface area (Å²) in [5.41, 5.74) is 0.941. The van der Waals surface area contributed by atoms with E-state index in [1.807, 2.05) is 11.4 Å². The number of carbonyl (C=O) groups excluding carboxylic acids is 1. The van der Waals surface area contributed by atoms with Crippen LogP contribution in [0.3, 0.4) is 0 Å². The van der Waals surface area contributed by atoms with E-state index in [9.17, 15) is 4.79 Å². The summed E-state index contributed by atoms with van der Waals surface area (Å²) in [6.45, 7) is 6.74. The molecule has 0 saturated carbocycles. The lowest BCUT2D eigenvalue weighted by atomic mass is 10.2. The third kappa shape index (κ3) is 3.94. The quantitative estimate of drug-likeness (QED) is 0.802. The highest BCUT2D eigenvalue weighted by molar-refractivity contribution is 7.10.